The van der Waals surface area contributed by atoms with E-state index < -0.39 is 24.6 Å². The Morgan fingerprint density at radius 3 is 2.11 bits per heavy atom. The first kappa shape index (κ1) is 8.55. The predicted octanol–water partition coefficient (Wildman–Crippen LogP) is -1.90. The van der Waals surface area contributed by atoms with Gasteiger partial charge in [-0.15, -0.1) is 0 Å². The minimum absolute atomic E-state index is 0.675. The van der Waals surface area contributed by atoms with E-state index in [-0.39, 0.29) is 0 Å². The fraction of sp³-hybridized carbons (Fsp3) is 0.600. The number of carbonyl (C=O) groups is 1. The van der Waals surface area contributed by atoms with Crippen LogP contribution in [0.15, 0.2) is 0 Å². The van der Waals surface area contributed by atoms with Crippen molar-refractivity contribution in [3.8, 4) is 0 Å². The Bertz CT molecular complexity index is 99.1. The smallest absolute Gasteiger partial charge is 0.191 e. The SMILES string of the molecule is [CH2]C(O)C(=O)C(O)CO. The van der Waals surface area contributed by atoms with Crippen LogP contribution in [0.25, 0.3) is 0 Å². The lowest BCUT2D eigenvalue weighted by atomic mass is 10.2. The van der Waals surface area contributed by atoms with E-state index in [9.17, 15) is 4.79 Å². The van der Waals surface area contributed by atoms with Gasteiger partial charge in [0.25, 0.3) is 0 Å². The fourth-order valence-electron chi connectivity index (χ4n) is 0.312. The second kappa shape index (κ2) is 3.55. The maximum Gasteiger partial charge on any atom is 0.191 e. The van der Waals surface area contributed by atoms with Gasteiger partial charge in [-0.05, 0) is 6.92 Å². The lowest BCUT2D eigenvalue weighted by molar-refractivity contribution is -0.135. The number of rotatable bonds is 3. The summed E-state index contributed by atoms with van der Waals surface area (Å²) in [4.78, 5) is 10.4. The molecule has 0 rings (SSSR count). The fourth-order valence-corrected chi connectivity index (χ4v) is 0.312. The third-order valence-electron chi connectivity index (χ3n) is 0.830. The Hall–Kier alpha value is -0.450. The summed E-state index contributed by atoms with van der Waals surface area (Å²) in [5.41, 5.74) is 0. The molecule has 0 amide bonds. The van der Waals surface area contributed by atoms with Crippen molar-refractivity contribution in [3.05, 3.63) is 6.92 Å². The molecule has 0 aromatic carbocycles. The Morgan fingerprint density at radius 2 is 2.00 bits per heavy atom. The van der Waals surface area contributed by atoms with Crippen LogP contribution in [0.5, 0.6) is 0 Å². The molecule has 2 unspecified atom stereocenters. The normalized spacial score (nSPS) is 16.9. The van der Waals surface area contributed by atoms with Gasteiger partial charge in [0.05, 0.1) is 6.61 Å². The highest BCUT2D eigenvalue weighted by atomic mass is 16.3. The van der Waals surface area contributed by atoms with Gasteiger partial charge in [-0.1, -0.05) is 0 Å². The molecule has 0 saturated heterocycles. The Morgan fingerprint density at radius 1 is 1.56 bits per heavy atom. The maximum atomic E-state index is 10.4. The summed E-state index contributed by atoms with van der Waals surface area (Å²) in [5.74, 6) is -0.863. The highest BCUT2D eigenvalue weighted by molar-refractivity contribution is 5.87. The van der Waals surface area contributed by atoms with Crippen molar-refractivity contribution < 1.29 is 20.1 Å². The molecule has 0 bridgehead atoms. The Kier molecular flexibility index (Phi) is 3.37. The average molecular weight is 133 g/mol. The van der Waals surface area contributed by atoms with E-state index in [1.165, 1.54) is 0 Å². The Labute approximate surface area is 52.7 Å². The van der Waals surface area contributed by atoms with Crippen LogP contribution in [0, 0.1) is 6.92 Å². The lowest BCUT2D eigenvalue weighted by Gasteiger charge is -2.06. The van der Waals surface area contributed by atoms with Crippen molar-refractivity contribution in [3.63, 3.8) is 0 Å². The number of aliphatic hydroxyl groups excluding tert-OH is 3. The van der Waals surface area contributed by atoms with Crippen molar-refractivity contribution in [1.82, 2.24) is 0 Å². The molecule has 0 aliphatic carbocycles. The molecule has 2 atom stereocenters. The quantitative estimate of drug-likeness (QED) is 0.420. The third kappa shape index (κ3) is 2.55. The largest absolute Gasteiger partial charge is 0.393 e. The molecule has 0 aromatic heterocycles. The van der Waals surface area contributed by atoms with E-state index >= 15 is 0 Å². The van der Waals surface area contributed by atoms with Crippen LogP contribution in [0.1, 0.15) is 0 Å². The van der Waals surface area contributed by atoms with Crippen molar-refractivity contribution in [2.75, 3.05) is 6.61 Å². The van der Waals surface area contributed by atoms with Gasteiger partial charge in [0.2, 0.25) is 0 Å². The molecule has 4 heteroatoms. The molecule has 3 N–H and O–H groups in total. The molecule has 0 fully saturated rings. The van der Waals surface area contributed by atoms with E-state index in [0.717, 1.165) is 0 Å². The molecule has 0 spiro atoms. The van der Waals surface area contributed by atoms with Crippen LogP contribution < -0.4 is 0 Å². The van der Waals surface area contributed by atoms with Gasteiger partial charge in [-0.25, -0.2) is 0 Å². The van der Waals surface area contributed by atoms with Gasteiger partial charge >= 0.3 is 0 Å². The standard InChI is InChI=1S/C5H9O4/c1-3(7)5(9)4(8)2-6/h3-4,6-8H,1-2H2. The summed E-state index contributed by atoms with van der Waals surface area (Å²) in [6.45, 7) is 2.27. The predicted molar refractivity (Wildman–Crippen MR) is 29.5 cm³/mol. The van der Waals surface area contributed by atoms with Gasteiger partial charge in [0, 0.05) is 0 Å². The summed E-state index contributed by atoms with van der Waals surface area (Å²) < 4.78 is 0. The monoisotopic (exact) mass is 133 g/mol. The molecule has 0 aliphatic heterocycles. The molecule has 0 aromatic rings. The highest BCUT2D eigenvalue weighted by Crippen LogP contribution is 1.89. The van der Waals surface area contributed by atoms with Crippen molar-refractivity contribution in [2.24, 2.45) is 0 Å². The van der Waals surface area contributed by atoms with Gasteiger partial charge in [-0.2, -0.15) is 0 Å². The van der Waals surface area contributed by atoms with Crippen molar-refractivity contribution in [1.29, 1.82) is 0 Å². The van der Waals surface area contributed by atoms with Gasteiger partial charge in [0.1, 0.15) is 12.2 Å². The number of ketones is 1. The molecule has 0 heterocycles. The third-order valence-corrected chi connectivity index (χ3v) is 0.830. The first-order chi connectivity index (χ1) is 4.09. The highest BCUT2D eigenvalue weighted by Gasteiger charge is 2.17. The van der Waals surface area contributed by atoms with Crippen LogP contribution in [0.4, 0.5) is 0 Å². The first-order valence-electron chi connectivity index (χ1n) is 2.43. The van der Waals surface area contributed by atoms with E-state index in [4.69, 9.17) is 15.3 Å². The average Bonchev–Trinajstić information content (AvgIpc) is 1.84. The molecule has 53 valence electrons. The second-order valence-electron chi connectivity index (χ2n) is 1.62. The van der Waals surface area contributed by atoms with Crippen LogP contribution in [0.3, 0.4) is 0 Å². The van der Waals surface area contributed by atoms with Gasteiger partial charge in [0.15, 0.2) is 5.78 Å². The molecule has 0 aliphatic rings. The zero-order valence-corrected chi connectivity index (χ0v) is 4.82. The van der Waals surface area contributed by atoms with Gasteiger partial charge < -0.3 is 15.3 Å². The molecule has 4 nitrogen and oxygen atoms in total. The van der Waals surface area contributed by atoms with Gasteiger partial charge in [-0.3, -0.25) is 4.79 Å². The lowest BCUT2D eigenvalue weighted by Crippen LogP contribution is -2.32. The zero-order valence-electron chi connectivity index (χ0n) is 4.82. The number of hydrogen-bond acceptors (Lipinski definition) is 4. The summed E-state index contributed by atoms with van der Waals surface area (Å²) in [5, 5.41) is 25.0. The molecular formula is C5H9O4. The topological polar surface area (TPSA) is 77.8 Å². The van der Waals surface area contributed by atoms with Crippen molar-refractivity contribution in [2.45, 2.75) is 12.2 Å². The number of Topliss-reactive ketones (excluding diaryl/α,β-unsaturated/α-hetero) is 1. The summed E-state index contributed by atoms with van der Waals surface area (Å²) >= 11 is 0. The van der Waals surface area contributed by atoms with Crippen LogP contribution in [-0.2, 0) is 4.79 Å². The van der Waals surface area contributed by atoms with E-state index in [0.29, 0.717) is 0 Å². The molecular weight excluding hydrogens is 124 g/mol. The van der Waals surface area contributed by atoms with Crippen molar-refractivity contribution >= 4 is 5.78 Å². The van der Waals surface area contributed by atoms with E-state index in [1.54, 1.807) is 0 Å². The molecule has 0 saturated carbocycles. The van der Waals surface area contributed by atoms with E-state index in [2.05, 4.69) is 6.92 Å². The zero-order chi connectivity index (χ0) is 7.44. The van der Waals surface area contributed by atoms with E-state index in [1.807, 2.05) is 0 Å². The summed E-state index contributed by atoms with van der Waals surface area (Å²) in [6, 6.07) is 0. The second-order valence-corrected chi connectivity index (χ2v) is 1.62. The minimum Gasteiger partial charge on any atom is -0.393 e. The Balaban J connectivity index is 3.73. The summed E-state index contributed by atoms with van der Waals surface area (Å²) in [6.07, 6.45) is -2.95. The molecule has 1 radical (unpaired) electrons. The maximum absolute atomic E-state index is 10.4. The van der Waals surface area contributed by atoms with Crippen LogP contribution in [0.2, 0.25) is 0 Å². The number of hydrogen-bond donors (Lipinski definition) is 3. The minimum atomic E-state index is -1.50. The number of carbonyl (C=O) groups excluding carboxylic acids is 1. The molecule has 9 heavy (non-hydrogen) atoms. The first-order valence-corrected chi connectivity index (χ1v) is 2.43. The van der Waals surface area contributed by atoms with Crippen LogP contribution >= 0.6 is 0 Å². The number of aliphatic hydroxyl groups is 3. The summed E-state index contributed by atoms with van der Waals surface area (Å²) in [7, 11) is 0. The van der Waals surface area contributed by atoms with Crippen LogP contribution in [-0.4, -0.2) is 39.9 Å².